The molecule has 3 heteroatoms. The fourth-order valence-corrected chi connectivity index (χ4v) is 2.04. The number of nitrogens with two attached hydrogens (primary N) is 1. The summed E-state index contributed by atoms with van der Waals surface area (Å²) in [6.45, 7) is 13.7. The predicted octanol–water partition coefficient (Wildman–Crippen LogP) is 2.54. The lowest BCUT2D eigenvalue weighted by molar-refractivity contribution is 0.161. The lowest BCUT2D eigenvalue weighted by Gasteiger charge is -2.32. The maximum atomic E-state index is 5.48. The zero-order valence-electron chi connectivity index (χ0n) is 12.3. The van der Waals surface area contributed by atoms with Gasteiger partial charge in [0, 0.05) is 18.6 Å². The fourth-order valence-electron chi connectivity index (χ4n) is 2.04. The first-order valence-corrected chi connectivity index (χ1v) is 6.74. The molecular weight excluding hydrogens is 210 g/mol. The van der Waals surface area contributed by atoms with E-state index in [9.17, 15) is 0 Å². The monoisotopic (exact) mass is 241 g/mol. The van der Waals surface area contributed by atoms with Crippen LogP contribution in [0.3, 0.4) is 0 Å². The molecule has 0 aromatic rings. The van der Waals surface area contributed by atoms with Gasteiger partial charge >= 0.3 is 0 Å². The second-order valence-electron chi connectivity index (χ2n) is 5.64. The third kappa shape index (κ3) is 8.08. The van der Waals surface area contributed by atoms with Crippen LogP contribution < -0.4 is 11.1 Å². The first-order chi connectivity index (χ1) is 7.84. The van der Waals surface area contributed by atoms with E-state index in [1.165, 1.54) is 12.8 Å². The van der Waals surface area contributed by atoms with Crippen molar-refractivity contribution in [1.82, 2.24) is 10.2 Å². The fraction of sp³-hybridized carbons (Fsp3) is 0.857. The van der Waals surface area contributed by atoms with Gasteiger partial charge in [0.05, 0.1) is 5.82 Å². The van der Waals surface area contributed by atoms with Gasteiger partial charge in [-0.3, -0.25) is 0 Å². The largest absolute Gasteiger partial charge is 0.386 e. The van der Waals surface area contributed by atoms with Gasteiger partial charge in [0.25, 0.3) is 0 Å². The van der Waals surface area contributed by atoms with Gasteiger partial charge in [-0.25, -0.2) is 0 Å². The molecule has 3 N–H and O–H groups in total. The van der Waals surface area contributed by atoms with Gasteiger partial charge in [0.15, 0.2) is 0 Å². The molecule has 102 valence electrons. The van der Waals surface area contributed by atoms with Crippen LogP contribution >= 0.6 is 0 Å². The van der Waals surface area contributed by atoms with Gasteiger partial charge in [-0.05, 0) is 46.1 Å². The second-order valence-corrected chi connectivity index (χ2v) is 5.64. The van der Waals surface area contributed by atoms with Gasteiger partial charge in [-0.2, -0.15) is 0 Å². The number of hydrogen-bond acceptors (Lipinski definition) is 3. The Bertz CT molecular complexity index is 212. The van der Waals surface area contributed by atoms with Crippen molar-refractivity contribution in [3.05, 3.63) is 12.4 Å². The molecular formula is C14H31N3. The van der Waals surface area contributed by atoms with E-state index in [2.05, 4.69) is 51.5 Å². The molecule has 17 heavy (non-hydrogen) atoms. The van der Waals surface area contributed by atoms with Crippen molar-refractivity contribution in [2.24, 2.45) is 11.7 Å². The molecule has 0 aromatic carbocycles. The van der Waals surface area contributed by atoms with Crippen molar-refractivity contribution in [3.63, 3.8) is 0 Å². The van der Waals surface area contributed by atoms with Gasteiger partial charge < -0.3 is 16.0 Å². The van der Waals surface area contributed by atoms with Crippen molar-refractivity contribution in [2.75, 3.05) is 13.6 Å². The van der Waals surface area contributed by atoms with E-state index in [1.54, 1.807) is 0 Å². The van der Waals surface area contributed by atoms with Crippen molar-refractivity contribution in [3.8, 4) is 0 Å². The van der Waals surface area contributed by atoms with Gasteiger partial charge in [0.1, 0.15) is 0 Å². The molecule has 0 heterocycles. The van der Waals surface area contributed by atoms with Gasteiger partial charge in [0.2, 0.25) is 0 Å². The average Bonchev–Trinajstić information content (AvgIpc) is 2.20. The van der Waals surface area contributed by atoms with E-state index >= 15 is 0 Å². The zero-order chi connectivity index (χ0) is 13.4. The van der Waals surface area contributed by atoms with E-state index < -0.39 is 0 Å². The first kappa shape index (κ1) is 16.3. The lowest BCUT2D eigenvalue weighted by Crippen LogP contribution is -2.38. The summed E-state index contributed by atoms with van der Waals surface area (Å²) in [4.78, 5) is 2.48. The lowest BCUT2D eigenvalue weighted by atomic mass is 9.97. The van der Waals surface area contributed by atoms with E-state index in [1.807, 2.05) is 0 Å². The summed E-state index contributed by atoms with van der Waals surface area (Å²) >= 11 is 0. The molecule has 0 radical (unpaired) electrons. The van der Waals surface area contributed by atoms with E-state index in [4.69, 9.17) is 5.73 Å². The smallest absolute Gasteiger partial charge is 0.0885 e. The van der Waals surface area contributed by atoms with Crippen molar-refractivity contribution in [1.29, 1.82) is 0 Å². The number of nitrogens with zero attached hydrogens (tertiary/aromatic N) is 1. The molecule has 0 rings (SSSR count). The summed E-state index contributed by atoms with van der Waals surface area (Å²) in [7, 11) is 2.23. The van der Waals surface area contributed by atoms with Crippen LogP contribution in [-0.2, 0) is 0 Å². The molecule has 0 fully saturated rings. The van der Waals surface area contributed by atoms with Crippen LogP contribution in [0.4, 0.5) is 0 Å². The summed E-state index contributed by atoms with van der Waals surface area (Å²) in [6, 6.07) is 1.28. The zero-order valence-corrected chi connectivity index (χ0v) is 12.3. The Labute approximate surface area is 107 Å². The van der Waals surface area contributed by atoms with Crippen LogP contribution in [0.1, 0.15) is 47.0 Å². The highest BCUT2D eigenvalue weighted by molar-refractivity contribution is 4.82. The topological polar surface area (TPSA) is 41.3 Å². The molecule has 0 spiro atoms. The quantitative estimate of drug-likeness (QED) is 0.610. The third-order valence-electron chi connectivity index (χ3n) is 3.20. The summed E-state index contributed by atoms with van der Waals surface area (Å²) < 4.78 is 0. The second kappa shape index (κ2) is 8.40. The molecule has 0 amide bonds. The van der Waals surface area contributed by atoms with Crippen molar-refractivity contribution >= 4 is 0 Å². The van der Waals surface area contributed by atoms with E-state index in [0.717, 1.165) is 18.9 Å². The molecule has 0 aliphatic rings. The minimum absolute atomic E-state index is 0.572. The van der Waals surface area contributed by atoms with Gasteiger partial charge in [-0.15, -0.1) is 0 Å². The minimum atomic E-state index is 0.572. The Morgan fingerprint density at radius 3 is 2.29 bits per heavy atom. The Hall–Kier alpha value is -0.700. The molecule has 0 bridgehead atoms. The summed E-state index contributed by atoms with van der Waals surface area (Å²) in [6.07, 6.45) is 3.62. The van der Waals surface area contributed by atoms with Crippen LogP contribution in [-0.4, -0.2) is 30.6 Å². The Morgan fingerprint density at radius 1 is 1.29 bits per heavy atom. The summed E-state index contributed by atoms with van der Waals surface area (Å²) in [5.41, 5.74) is 5.48. The van der Waals surface area contributed by atoms with Crippen LogP contribution in [0, 0.1) is 5.92 Å². The maximum absolute atomic E-state index is 5.48. The molecule has 0 aromatic heterocycles. The third-order valence-corrected chi connectivity index (χ3v) is 3.20. The molecule has 1 atom stereocenters. The number of rotatable bonds is 9. The molecule has 0 aliphatic heterocycles. The maximum Gasteiger partial charge on any atom is 0.0885 e. The molecule has 0 saturated heterocycles. The standard InChI is InChI=1S/C14H31N3/c1-11(2)10-14(17(6)12(3)4)8-7-9-16-13(5)15/h11-12,14,16H,5,7-10,15H2,1-4,6H3/t14-/m0/s1. The van der Waals surface area contributed by atoms with Crippen molar-refractivity contribution < 1.29 is 0 Å². The highest BCUT2D eigenvalue weighted by Gasteiger charge is 2.17. The van der Waals surface area contributed by atoms with Gasteiger partial charge in [-0.1, -0.05) is 20.4 Å². The summed E-state index contributed by atoms with van der Waals surface area (Å²) in [5, 5.41) is 3.09. The molecule has 0 unspecified atom stereocenters. The Morgan fingerprint density at radius 2 is 1.88 bits per heavy atom. The van der Waals surface area contributed by atoms with Crippen LogP contribution in [0.2, 0.25) is 0 Å². The first-order valence-electron chi connectivity index (χ1n) is 6.74. The van der Waals surface area contributed by atoms with Crippen LogP contribution in [0.25, 0.3) is 0 Å². The number of nitrogens with one attached hydrogen (secondary N) is 1. The molecule has 0 aliphatic carbocycles. The normalized spacial score (nSPS) is 13.4. The molecule has 3 nitrogen and oxygen atoms in total. The number of hydrogen-bond donors (Lipinski definition) is 2. The average molecular weight is 241 g/mol. The van der Waals surface area contributed by atoms with Crippen LogP contribution in [0.15, 0.2) is 12.4 Å². The molecule has 0 saturated carbocycles. The highest BCUT2D eigenvalue weighted by Crippen LogP contribution is 2.17. The SMILES string of the molecule is C=C(N)NCCC[C@@H](CC(C)C)N(C)C(C)C. The van der Waals surface area contributed by atoms with E-state index in [0.29, 0.717) is 17.9 Å². The van der Waals surface area contributed by atoms with Crippen molar-refractivity contribution in [2.45, 2.75) is 59.0 Å². The highest BCUT2D eigenvalue weighted by atomic mass is 15.1. The van der Waals surface area contributed by atoms with Crippen LogP contribution in [0.5, 0.6) is 0 Å². The predicted molar refractivity (Wildman–Crippen MR) is 76.7 cm³/mol. The minimum Gasteiger partial charge on any atom is -0.386 e. The Kier molecular flexibility index (Phi) is 8.05. The Balaban J connectivity index is 4.06. The summed E-state index contributed by atoms with van der Waals surface area (Å²) in [5.74, 6) is 1.32. The van der Waals surface area contributed by atoms with E-state index in [-0.39, 0.29) is 0 Å².